The van der Waals surface area contributed by atoms with E-state index in [1.807, 2.05) is 4.57 Å². The van der Waals surface area contributed by atoms with Gasteiger partial charge in [0.05, 0.1) is 27.9 Å². The van der Waals surface area contributed by atoms with E-state index >= 15 is 0 Å². The number of nitrogens with one attached hydrogen (secondary N) is 1. The molecule has 0 saturated heterocycles. The molecule has 0 spiro atoms. The van der Waals surface area contributed by atoms with Gasteiger partial charge in [-0.05, 0) is 43.2 Å². The van der Waals surface area contributed by atoms with E-state index in [9.17, 15) is 35.5 Å². The summed E-state index contributed by atoms with van der Waals surface area (Å²) in [6.45, 7) is 0. The van der Waals surface area contributed by atoms with Gasteiger partial charge in [-0.25, -0.2) is 0 Å². The first-order chi connectivity index (χ1) is 19.4. The summed E-state index contributed by atoms with van der Waals surface area (Å²) in [5, 5.41) is 10.1. The maximum absolute atomic E-state index is 13.9. The topological polar surface area (TPSA) is 118 Å². The van der Waals surface area contributed by atoms with Gasteiger partial charge < -0.3 is 14.3 Å². The number of pyridine rings is 2. The number of alkyl halides is 3. The minimum Gasteiger partial charge on any atom is -0.405 e. The predicted octanol–water partition coefficient (Wildman–Crippen LogP) is 6.63. The Kier molecular flexibility index (Phi) is 6.26. The Morgan fingerprint density at radius 2 is 1.80 bits per heavy atom. The highest BCUT2D eigenvalue weighted by Gasteiger charge is 2.33. The lowest BCUT2D eigenvalue weighted by atomic mass is 9.94. The molecular weight excluding hydrogens is 564 g/mol. The number of aromatic amines is 1. The highest BCUT2D eigenvalue weighted by atomic mass is 32.3. The van der Waals surface area contributed by atoms with Crippen molar-refractivity contribution in [2.75, 3.05) is 0 Å². The lowest BCUT2D eigenvalue weighted by Gasteiger charge is -2.27. The van der Waals surface area contributed by atoms with Gasteiger partial charge >= 0.3 is 16.6 Å². The van der Waals surface area contributed by atoms with Crippen molar-refractivity contribution in [2.45, 2.75) is 49.4 Å². The Morgan fingerprint density at radius 1 is 1.05 bits per heavy atom. The number of H-pyrrole nitrogens is 1. The molecule has 1 saturated carbocycles. The maximum Gasteiger partial charge on any atom is 0.573 e. The van der Waals surface area contributed by atoms with Gasteiger partial charge in [0.2, 0.25) is 0 Å². The zero-order valence-electron chi connectivity index (χ0n) is 21.1. The Hall–Kier alpha value is -4.44. The molecule has 210 valence electrons. The number of fused-ring (bicyclic) bond motifs is 4. The summed E-state index contributed by atoms with van der Waals surface area (Å²) in [7, 11) is -5.21. The molecule has 8 nitrogen and oxygen atoms in total. The lowest BCUT2D eigenvalue weighted by Crippen LogP contribution is -2.20. The van der Waals surface area contributed by atoms with Crippen LogP contribution >= 0.6 is 0 Å². The standard InChI is InChI=1S/C28H20F4N4O4S/c29-28(30,31)40-24-11-21-23(10-20(24)16-9-18(14-34-13-16)41(32,38)39)36(17-4-2-1-3-5-17)27-25(26(21)37)19-7-6-15(12-33)8-22(19)35-27/h6-11,13-14,17,35H,1-5H2. The van der Waals surface area contributed by atoms with Gasteiger partial charge in [0, 0.05) is 40.5 Å². The van der Waals surface area contributed by atoms with Crippen molar-refractivity contribution in [3.05, 3.63) is 64.6 Å². The van der Waals surface area contributed by atoms with Crippen LogP contribution in [0.3, 0.4) is 0 Å². The summed E-state index contributed by atoms with van der Waals surface area (Å²) < 4.78 is 83.7. The fourth-order valence-electron chi connectivity index (χ4n) is 5.72. The highest BCUT2D eigenvalue weighted by molar-refractivity contribution is 7.86. The van der Waals surface area contributed by atoms with Gasteiger partial charge in [-0.15, -0.1) is 17.1 Å². The fraction of sp³-hybridized carbons (Fsp3) is 0.250. The second-order valence-corrected chi connectivity index (χ2v) is 11.3. The highest BCUT2D eigenvalue weighted by Crippen LogP contribution is 2.41. The molecule has 13 heteroatoms. The van der Waals surface area contributed by atoms with Crippen LogP contribution in [0.1, 0.15) is 43.7 Å². The number of benzene rings is 2. The van der Waals surface area contributed by atoms with Crippen molar-refractivity contribution in [2.24, 2.45) is 0 Å². The Balaban J connectivity index is 1.75. The number of aromatic nitrogens is 3. The molecule has 0 atom stereocenters. The maximum atomic E-state index is 13.9. The normalized spacial score (nSPS) is 15.0. The molecule has 0 unspecified atom stereocenters. The van der Waals surface area contributed by atoms with E-state index in [0.29, 0.717) is 27.6 Å². The second kappa shape index (κ2) is 9.59. The van der Waals surface area contributed by atoms with Crippen molar-refractivity contribution >= 4 is 43.1 Å². The molecule has 3 aromatic heterocycles. The SMILES string of the molecule is N#Cc1ccc2c(c1)[nH]c1c2c(=O)c2cc(OC(F)(F)F)c(-c3cncc(S(=O)(=O)F)c3)cc2n1C1CCCCC1. The van der Waals surface area contributed by atoms with Gasteiger partial charge in [0.1, 0.15) is 16.3 Å². The van der Waals surface area contributed by atoms with Gasteiger partial charge in [0.25, 0.3) is 0 Å². The summed E-state index contributed by atoms with van der Waals surface area (Å²) in [5.74, 6) is -0.765. The number of hydrogen-bond donors (Lipinski definition) is 1. The zero-order valence-corrected chi connectivity index (χ0v) is 21.9. The van der Waals surface area contributed by atoms with Crippen LogP contribution in [0, 0.1) is 11.3 Å². The third-order valence-corrected chi connectivity index (χ3v) is 8.24. The zero-order chi connectivity index (χ0) is 29.1. The first-order valence-corrected chi connectivity index (χ1v) is 14.1. The van der Waals surface area contributed by atoms with Gasteiger partial charge in [-0.3, -0.25) is 9.78 Å². The largest absolute Gasteiger partial charge is 0.573 e. The third kappa shape index (κ3) is 4.78. The van der Waals surface area contributed by atoms with E-state index in [1.54, 1.807) is 18.2 Å². The quantitative estimate of drug-likeness (QED) is 0.187. The molecule has 0 amide bonds. The molecule has 5 aromatic rings. The molecule has 0 aliphatic heterocycles. The first-order valence-electron chi connectivity index (χ1n) is 12.7. The minimum absolute atomic E-state index is 0.0430. The summed E-state index contributed by atoms with van der Waals surface area (Å²) >= 11 is 0. The van der Waals surface area contributed by atoms with Crippen LogP contribution in [-0.2, 0) is 10.2 Å². The molecule has 0 bridgehead atoms. The van der Waals surface area contributed by atoms with Crippen LogP contribution in [0.2, 0.25) is 0 Å². The third-order valence-electron chi connectivity index (χ3n) is 7.45. The van der Waals surface area contributed by atoms with Crippen molar-refractivity contribution in [3.63, 3.8) is 0 Å². The average Bonchev–Trinajstić information content (AvgIpc) is 3.31. The Morgan fingerprint density at radius 3 is 2.49 bits per heavy atom. The van der Waals surface area contributed by atoms with Crippen LogP contribution in [0.5, 0.6) is 5.75 Å². The van der Waals surface area contributed by atoms with Crippen LogP contribution < -0.4 is 10.2 Å². The van der Waals surface area contributed by atoms with E-state index in [-0.39, 0.29) is 27.9 Å². The van der Waals surface area contributed by atoms with Gasteiger partial charge in [0.15, 0.2) is 5.43 Å². The van der Waals surface area contributed by atoms with Crippen molar-refractivity contribution in [1.82, 2.24) is 14.5 Å². The summed E-state index contributed by atoms with van der Waals surface area (Å²) in [6, 6.07) is 9.90. The van der Waals surface area contributed by atoms with Crippen molar-refractivity contribution in [3.8, 4) is 22.9 Å². The van der Waals surface area contributed by atoms with E-state index in [1.165, 1.54) is 6.07 Å². The smallest absolute Gasteiger partial charge is 0.405 e. The average molecular weight is 585 g/mol. The molecule has 6 rings (SSSR count). The molecule has 0 radical (unpaired) electrons. The first kappa shape index (κ1) is 26.8. The number of nitrogens with zero attached hydrogens (tertiary/aromatic N) is 3. The number of rotatable bonds is 4. The number of halogens is 4. The Labute approximate surface area is 230 Å². The molecule has 1 N–H and O–H groups in total. The van der Waals surface area contributed by atoms with E-state index < -0.39 is 32.7 Å². The number of nitriles is 1. The fourth-order valence-corrected chi connectivity index (χ4v) is 6.18. The monoisotopic (exact) mass is 584 g/mol. The predicted molar refractivity (Wildman–Crippen MR) is 143 cm³/mol. The summed E-state index contributed by atoms with van der Waals surface area (Å²) in [6.07, 6.45) is 1.00. The molecule has 41 heavy (non-hydrogen) atoms. The number of ether oxygens (including phenoxy) is 1. The summed E-state index contributed by atoms with van der Waals surface area (Å²) in [4.78, 5) is 20.1. The molecule has 1 aliphatic carbocycles. The second-order valence-electron chi connectivity index (χ2n) is 9.97. The van der Waals surface area contributed by atoms with Crippen LogP contribution in [0.4, 0.5) is 17.1 Å². The molecule has 1 aliphatic rings. The number of hydrogen-bond acceptors (Lipinski definition) is 6. The minimum atomic E-state index is -5.21. The van der Waals surface area contributed by atoms with E-state index in [4.69, 9.17) is 0 Å². The van der Waals surface area contributed by atoms with Crippen LogP contribution in [0.25, 0.3) is 44.0 Å². The van der Waals surface area contributed by atoms with Gasteiger partial charge in [-0.1, -0.05) is 25.3 Å². The molecule has 2 aromatic carbocycles. The van der Waals surface area contributed by atoms with E-state index in [2.05, 4.69) is 20.8 Å². The lowest BCUT2D eigenvalue weighted by molar-refractivity contribution is -0.274. The van der Waals surface area contributed by atoms with Crippen LogP contribution in [0.15, 0.2) is 58.5 Å². The molecular formula is C28H20F4N4O4S. The van der Waals surface area contributed by atoms with E-state index in [0.717, 1.165) is 56.6 Å². The molecule has 1 fully saturated rings. The molecule has 3 heterocycles. The van der Waals surface area contributed by atoms with Crippen molar-refractivity contribution in [1.29, 1.82) is 5.26 Å². The Bertz CT molecular complexity index is 2070. The van der Waals surface area contributed by atoms with Crippen molar-refractivity contribution < 1.29 is 30.2 Å². The summed E-state index contributed by atoms with van der Waals surface area (Å²) in [5.41, 5.74) is 0.709. The van der Waals surface area contributed by atoms with Crippen LogP contribution in [-0.4, -0.2) is 29.3 Å². The van der Waals surface area contributed by atoms with Gasteiger partial charge in [-0.2, -0.15) is 13.7 Å².